The maximum absolute atomic E-state index is 12.5. The average molecular weight is 331 g/mol. The highest BCUT2D eigenvalue weighted by Gasteiger charge is 2.44. The Morgan fingerprint density at radius 3 is 2.44 bits per heavy atom. The molecule has 1 amide bonds. The number of hydrogen-bond acceptors (Lipinski definition) is 2. The molecule has 1 aliphatic rings. The normalized spacial score (nSPS) is 18.7. The monoisotopic (exact) mass is 331 g/mol. The molecule has 4 nitrogen and oxygen atoms in total. The zero-order valence-electron chi connectivity index (χ0n) is 13.5. The van der Waals surface area contributed by atoms with E-state index in [1.54, 1.807) is 18.2 Å². The summed E-state index contributed by atoms with van der Waals surface area (Å²) in [5, 5.41) is 14.3. The largest absolute Gasteiger partial charge is 0.478 e. The maximum Gasteiger partial charge on any atom is 0.337 e. The summed E-state index contributed by atoms with van der Waals surface area (Å²) in [6.07, 6.45) is 0.791. The molecule has 2 atom stereocenters. The van der Waals surface area contributed by atoms with Crippen LogP contribution in [0.4, 0.5) is 5.69 Å². The predicted octanol–water partition coefficient (Wildman–Crippen LogP) is 4.28. The molecule has 0 radical (unpaired) electrons. The minimum Gasteiger partial charge on any atom is -0.478 e. The third-order valence-corrected chi connectivity index (χ3v) is 4.74. The lowest BCUT2D eigenvalue weighted by Gasteiger charge is -2.08. The van der Waals surface area contributed by atoms with Gasteiger partial charge in [0.05, 0.1) is 11.3 Å². The zero-order valence-corrected chi connectivity index (χ0v) is 13.5. The van der Waals surface area contributed by atoms with Crippen molar-refractivity contribution in [1.82, 2.24) is 0 Å². The Morgan fingerprint density at radius 1 is 0.920 bits per heavy atom. The van der Waals surface area contributed by atoms with Gasteiger partial charge in [0.1, 0.15) is 0 Å². The molecular weight excluding hydrogens is 314 g/mol. The molecule has 3 aromatic rings. The van der Waals surface area contributed by atoms with Crippen molar-refractivity contribution in [3.05, 3.63) is 77.9 Å². The molecule has 1 fully saturated rings. The van der Waals surface area contributed by atoms with Crippen LogP contribution < -0.4 is 5.32 Å². The van der Waals surface area contributed by atoms with Crippen LogP contribution in [-0.2, 0) is 4.79 Å². The number of para-hydroxylation sites is 1. The van der Waals surface area contributed by atoms with Gasteiger partial charge < -0.3 is 10.4 Å². The first-order valence-corrected chi connectivity index (χ1v) is 8.25. The molecule has 2 unspecified atom stereocenters. The lowest BCUT2D eigenvalue weighted by Crippen LogP contribution is -2.17. The number of hydrogen-bond donors (Lipinski definition) is 2. The first-order valence-electron chi connectivity index (χ1n) is 8.25. The molecule has 0 heterocycles. The van der Waals surface area contributed by atoms with E-state index in [1.807, 2.05) is 12.1 Å². The first-order chi connectivity index (χ1) is 12.1. The van der Waals surface area contributed by atoms with Crippen LogP contribution in [0.1, 0.15) is 28.3 Å². The van der Waals surface area contributed by atoms with Crippen molar-refractivity contribution in [2.75, 3.05) is 5.32 Å². The summed E-state index contributed by atoms with van der Waals surface area (Å²) >= 11 is 0. The Morgan fingerprint density at radius 2 is 1.64 bits per heavy atom. The fourth-order valence-corrected chi connectivity index (χ4v) is 3.30. The van der Waals surface area contributed by atoms with Gasteiger partial charge in [0.25, 0.3) is 0 Å². The summed E-state index contributed by atoms with van der Waals surface area (Å²) in [4.78, 5) is 23.7. The molecule has 2 N–H and O–H groups in total. The molecule has 0 spiro atoms. The zero-order chi connectivity index (χ0) is 17.4. The standard InChI is InChI=1S/C21H17NO3/c23-20(22-19-8-4-3-7-16(19)21(24)25)18-12-17(18)15-10-9-13-5-1-2-6-14(13)11-15/h1-11,17-18H,12H2,(H,22,23)(H,24,25). The topological polar surface area (TPSA) is 66.4 Å². The maximum atomic E-state index is 12.5. The minimum absolute atomic E-state index is 0.108. The van der Waals surface area contributed by atoms with Crippen molar-refractivity contribution >= 4 is 28.3 Å². The molecule has 4 heteroatoms. The molecule has 0 aromatic heterocycles. The van der Waals surface area contributed by atoms with Gasteiger partial charge in [-0.15, -0.1) is 0 Å². The fourth-order valence-electron chi connectivity index (χ4n) is 3.30. The van der Waals surface area contributed by atoms with Gasteiger partial charge in [-0.05, 0) is 40.8 Å². The van der Waals surface area contributed by atoms with Crippen molar-refractivity contribution in [3.8, 4) is 0 Å². The van der Waals surface area contributed by atoms with Crippen molar-refractivity contribution in [3.63, 3.8) is 0 Å². The van der Waals surface area contributed by atoms with E-state index >= 15 is 0 Å². The van der Waals surface area contributed by atoms with Gasteiger partial charge in [-0.1, -0.05) is 54.6 Å². The van der Waals surface area contributed by atoms with E-state index in [9.17, 15) is 14.7 Å². The van der Waals surface area contributed by atoms with E-state index in [0.29, 0.717) is 5.69 Å². The second-order valence-corrected chi connectivity index (χ2v) is 6.40. The Labute approximate surface area is 145 Å². The molecule has 0 saturated heterocycles. The Hall–Kier alpha value is -3.14. The number of fused-ring (bicyclic) bond motifs is 1. The van der Waals surface area contributed by atoms with E-state index in [1.165, 1.54) is 16.8 Å². The first kappa shape index (κ1) is 15.4. The number of amides is 1. The van der Waals surface area contributed by atoms with Crippen LogP contribution in [0.2, 0.25) is 0 Å². The van der Waals surface area contributed by atoms with E-state index in [4.69, 9.17) is 0 Å². The molecule has 0 aliphatic heterocycles. The number of rotatable bonds is 4. The molecule has 1 aliphatic carbocycles. The third-order valence-electron chi connectivity index (χ3n) is 4.74. The Balaban J connectivity index is 1.51. The average Bonchev–Trinajstić information content (AvgIpc) is 3.42. The molecule has 1 saturated carbocycles. The molecular formula is C21H17NO3. The summed E-state index contributed by atoms with van der Waals surface area (Å²) < 4.78 is 0. The summed E-state index contributed by atoms with van der Waals surface area (Å²) in [5.74, 6) is -1.07. The van der Waals surface area contributed by atoms with Crippen LogP contribution in [0.15, 0.2) is 66.7 Å². The van der Waals surface area contributed by atoms with E-state index in [-0.39, 0.29) is 23.3 Å². The third kappa shape index (κ3) is 2.98. The van der Waals surface area contributed by atoms with Gasteiger partial charge in [0.2, 0.25) is 5.91 Å². The SMILES string of the molecule is O=C(O)c1ccccc1NC(=O)C1CC1c1ccc2ccccc2c1. The summed E-state index contributed by atoms with van der Waals surface area (Å²) in [6, 6.07) is 20.9. The van der Waals surface area contributed by atoms with Gasteiger partial charge in [-0.3, -0.25) is 4.79 Å². The number of nitrogens with one attached hydrogen (secondary N) is 1. The predicted molar refractivity (Wildman–Crippen MR) is 96.8 cm³/mol. The number of benzene rings is 3. The molecule has 3 aromatic carbocycles. The van der Waals surface area contributed by atoms with Crippen molar-refractivity contribution < 1.29 is 14.7 Å². The highest BCUT2D eigenvalue weighted by molar-refractivity contribution is 6.02. The highest BCUT2D eigenvalue weighted by Crippen LogP contribution is 2.48. The lowest BCUT2D eigenvalue weighted by atomic mass is 10.0. The van der Waals surface area contributed by atoms with Crippen molar-refractivity contribution in [2.45, 2.75) is 12.3 Å². The number of carboxylic acids is 1. The molecule has 4 rings (SSSR count). The second kappa shape index (κ2) is 6.06. The van der Waals surface area contributed by atoms with Crippen molar-refractivity contribution in [1.29, 1.82) is 0 Å². The second-order valence-electron chi connectivity index (χ2n) is 6.40. The molecule has 25 heavy (non-hydrogen) atoms. The van der Waals surface area contributed by atoms with Gasteiger partial charge in [-0.2, -0.15) is 0 Å². The summed E-state index contributed by atoms with van der Waals surface area (Å²) in [7, 11) is 0. The van der Waals surface area contributed by atoms with Gasteiger partial charge in [0, 0.05) is 5.92 Å². The van der Waals surface area contributed by atoms with Crippen LogP contribution in [-0.4, -0.2) is 17.0 Å². The fraction of sp³-hybridized carbons (Fsp3) is 0.143. The van der Waals surface area contributed by atoms with E-state index < -0.39 is 5.97 Å². The quantitative estimate of drug-likeness (QED) is 0.750. The van der Waals surface area contributed by atoms with Crippen LogP contribution in [0.3, 0.4) is 0 Å². The van der Waals surface area contributed by atoms with Crippen LogP contribution in [0, 0.1) is 5.92 Å². The van der Waals surface area contributed by atoms with Crippen molar-refractivity contribution in [2.24, 2.45) is 5.92 Å². The number of aromatic carboxylic acids is 1. The van der Waals surface area contributed by atoms with Gasteiger partial charge >= 0.3 is 5.97 Å². The van der Waals surface area contributed by atoms with Gasteiger partial charge in [0.15, 0.2) is 0 Å². The van der Waals surface area contributed by atoms with Gasteiger partial charge in [-0.25, -0.2) is 4.79 Å². The Bertz CT molecular complexity index is 980. The Kier molecular flexibility index (Phi) is 3.73. The van der Waals surface area contributed by atoms with Crippen LogP contribution in [0.5, 0.6) is 0 Å². The van der Waals surface area contributed by atoms with Crippen LogP contribution >= 0.6 is 0 Å². The minimum atomic E-state index is -1.04. The van der Waals surface area contributed by atoms with Crippen LogP contribution in [0.25, 0.3) is 10.8 Å². The molecule has 0 bridgehead atoms. The number of carbonyl (C=O) groups is 2. The molecule has 124 valence electrons. The number of carbonyl (C=O) groups excluding carboxylic acids is 1. The lowest BCUT2D eigenvalue weighted by molar-refractivity contribution is -0.117. The smallest absolute Gasteiger partial charge is 0.337 e. The highest BCUT2D eigenvalue weighted by atomic mass is 16.4. The van der Waals surface area contributed by atoms with E-state index in [2.05, 4.69) is 35.6 Å². The number of anilines is 1. The summed E-state index contributed by atoms with van der Waals surface area (Å²) in [6.45, 7) is 0. The van der Waals surface area contributed by atoms with E-state index in [0.717, 1.165) is 12.0 Å². The summed E-state index contributed by atoms with van der Waals surface area (Å²) in [5.41, 5.74) is 1.62. The number of carboxylic acid groups (broad SMARTS) is 1.